The molecule has 0 aromatic carbocycles. The number of rotatable bonds is 2. The molecular weight excluding hydrogens is 208 g/mol. The maximum Gasteiger partial charge on any atom is 0.157 e. The molecule has 4 nitrogen and oxygen atoms in total. The van der Waals surface area contributed by atoms with E-state index in [2.05, 4.69) is 34.1 Å². The lowest BCUT2D eigenvalue weighted by Gasteiger charge is -2.15. The van der Waals surface area contributed by atoms with E-state index in [1.54, 1.807) is 24.3 Å². The molecule has 1 aromatic rings. The van der Waals surface area contributed by atoms with E-state index >= 15 is 0 Å². The highest BCUT2D eigenvalue weighted by Gasteiger charge is 2.26. The summed E-state index contributed by atoms with van der Waals surface area (Å²) in [4.78, 5) is 12.5. The molecule has 2 heterocycles. The fourth-order valence-electron chi connectivity index (χ4n) is 1.26. The van der Waals surface area contributed by atoms with Gasteiger partial charge in [0.05, 0.1) is 12.2 Å². The summed E-state index contributed by atoms with van der Waals surface area (Å²) in [6.45, 7) is 4.97. The van der Waals surface area contributed by atoms with Crippen molar-refractivity contribution in [1.29, 1.82) is 0 Å². The van der Waals surface area contributed by atoms with Crippen molar-refractivity contribution in [3.8, 4) is 0 Å². The monoisotopic (exact) mass is 222 g/mol. The molecule has 5 heteroatoms. The molecule has 1 aliphatic rings. The molecule has 2 rings (SSSR count). The molecule has 1 aliphatic heterocycles. The number of hydrogen-bond acceptors (Lipinski definition) is 4. The summed E-state index contributed by atoms with van der Waals surface area (Å²) in [6, 6.07) is 1.88. The predicted molar refractivity (Wildman–Crippen MR) is 62.8 cm³/mol. The average molecular weight is 222 g/mol. The second kappa shape index (κ2) is 4.18. The highest BCUT2D eigenvalue weighted by atomic mass is 32.2. The first-order chi connectivity index (χ1) is 7.16. The molecule has 0 spiro atoms. The number of nitrogens with one attached hydrogen (secondary N) is 1. The Labute approximate surface area is 93.6 Å². The van der Waals surface area contributed by atoms with Gasteiger partial charge in [-0.1, -0.05) is 11.8 Å². The van der Waals surface area contributed by atoms with Gasteiger partial charge < -0.3 is 5.32 Å². The average Bonchev–Trinajstić information content (AvgIpc) is 2.57. The Morgan fingerprint density at radius 1 is 1.60 bits per heavy atom. The number of hydrogen-bond donors (Lipinski definition) is 1. The predicted octanol–water partition coefficient (Wildman–Crippen LogP) is 1.45. The van der Waals surface area contributed by atoms with Gasteiger partial charge >= 0.3 is 0 Å². The standard InChI is InChI=1S/C10H14N4S/c1-10(2)6-15-9(14-10)12-5-8-3-4-11-7-13-8/h3-4,7H,5-6H2,1-2H3,(H,12,14). The van der Waals surface area contributed by atoms with Crippen LogP contribution in [0.5, 0.6) is 0 Å². The third-order valence-electron chi connectivity index (χ3n) is 2.04. The molecule has 1 N–H and O–H groups in total. The van der Waals surface area contributed by atoms with Gasteiger partial charge in [0, 0.05) is 17.5 Å². The van der Waals surface area contributed by atoms with Gasteiger partial charge in [0.2, 0.25) is 0 Å². The largest absolute Gasteiger partial charge is 0.359 e. The summed E-state index contributed by atoms with van der Waals surface area (Å²) >= 11 is 1.76. The molecule has 0 bridgehead atoms. The van der Waals surface area contributed by atoms with Crippen LogP contribution in [0, 0.1) is 0 Å². The van der Waals surface area contributed by atoms with Crippen LogP contribution in [0.3, 0.4) is 0 Å². The Hall–Kier alpha value is -1.10. The van der Waals surface area contributed by atoms with E-state index < -0.39 is 0 Å². The number of aliphatic imine (C=N–C) groups is 1. The summed E-state index contributed by atoms with van der Waals surface area (Å²) in [5.41, 5.74) is 1.11. The lowest BCUT2D eigenvalue weighted by Crippen LogP contribution is -2.36. The molecule has 0 aliphatic carbocycles. The normalized spacial score (nSPS) is 21.6. The first-order valence-corrected chi connectivity index (χ1v) is 5.85. The van der Waals surface area contributed by atoms with Crippen molar-refractivity contribution in [2.24, 2.45) is 4.99 Å². The van der Waals surface area contributed by atoms with Crippen LogP contribution >= 0.6 is 11.8 Å². The summed E-state index contributed by atoms with van der Waals surface area (Å²) in [6.07, 6.45) is 3.29. The van der Waals surface area contributed by atoms with Gasteiger partial charge in [-0.2, -0.15) is 0 Å². The molecule has 0 atom stereocenters. The van der Waals surface area contributed by atoms with Gasteiger partial charge in [0.1, 0.15) is 6.33 Å². The maximum atomic E-state index is 4.47. The van der Waals surface area contributed by atoms with Crippen molar-refractivity contribution in [1.82, 2.24) is 15.3 Å². The molecule has 0 saturated carbocycles. The molecule has 15 heavy (non-hydrogen) atoms. The second-order valence-corrected chi connectivity index (χ2v) is 5.08. The minimum Gasteiger partial charge on any atom is -0.359 e. The lowest BCUT2D eigenvalue weighted by molar-refractivity contribution is 0.536. The Bertz CT molecular complexity index is 361. The molecular formula is C10H14N4S. The minimum absolute atomic E-state index is 0.162. The van der Waals surface area contributed by atoms with Crippen LogP contribution in [0.25, 0.3) is 0 Å². The van der Waals surface area contributed by atoms with Crippen LogP contribution in [0.15, 0.2) is 23.6 Å². The van der Waals surface area contributed by atoms with Crippen LogP contribution in [-0.2, 0) is 6.54 Å². The van der Waals surface area contributed by atoms with Gasteiger partial charge in [-0.25, -0.2) is 9.97 Å². The van der Waals surface area contributed by atoms with Gasteiger partial charge in [0.15, 0.2) is 5.17 Å². The molecule has 0 radical (unpaired) electrons. The van der Waals surface area contributed by atoms with Gasteiger partial charge in [-0.15, -0.1) is 0 Å². The Morgan fingerprint density at radius 3 is 3.07 bits per heavy atom. The molecule has 1 aromatic heterocycles. The Kier molecular flexibility index (Phi) is 2.90. The van der Waals surface area contributed by atoms with Crippen LogP contribution in [0.1, 0.15) is 19.5 Å². The van der Waals surface area contributed by atoms with E-state index in [-0.39, 0.29) is 5.54 Å². The summed E-state index contributed by atoms with van der Waals surface area (Å²) in [5, 5.41) is 4.38. The molecule has 0 amide bonds. The highest BCUT2D eigenvalue weighted by Crippen LogP contribution is 2.22. The third-order valence-corrected chi connectivity index (χ3v) is 3.41. The van der Waals surface area contributed by atoms with Crippen molar-refractivity contribution >= 4 is 16.9 Å². The van der Waals surface area contributed by atoms with Crippen molar-refractivity contribution in [2.45, 2.75) is 25.9 Å². The van der Waals surface area contributed by atoms with Crippen LogP contribution in [-0.4, -0.2) is 26.4 Å². The minimum atomic E-state index is 0.162. The highest BCUT2D eigenvalue weighted by molar-refractivity contribution is 8.14. The second-order valence-electron chi connectivity index (χ2n) is 4.12. The van der Waals surface area contributed by atoms with Gasteiger partial charge in [-0.3, -0.25) is 4.99 Å². The van der Waals surface area contributed by atoms with E-state index in [1.165, 1.54) is 0 Å². The SMILES string of the molecule is CC1(C)CSC(=NCc2ccncn2)N1. The smallest absolute Gasteiger partial charge is 0.157 e. The fourth-order valence-corrected chi connectivity index (χ4v) is 2.33. The number of nitrogens with zero attached hydrogens (tertiary/aromatic N) is 3. The van der Waals surface area contributed by atoms with Gasteiger partial charge in [-0.05, 0) is 19.9 Å². The van der Waals surface area contributed by atoms with Crippen LogP contribution < -0.4 is 5.32 Å². The van der Waals surface area contributed by atoms with Crippen molar-refractivity contribution in [3.63, 3.8) is 0 Å². The molecule has 0 unspecified atom stereocenters. The Morgan fingerprint density at radius 2 is 2.47 bits per heavy atom. The van der Waals surface area contributed by atoms with Crippen molar-refractivity contribution in [2.75, 3.05) is 5.75 Å². The summed E-state index contributed by atoms with van der Waals surface area (Å²) in [7, 11) is 0. The topological polar surface area (TPSA) is 50.2 Å². The zero-order valence-corrected chi connectivity index (χ0v) is 9.71. The maximum absolute atomic E-state index is 4.47. The summed E-state index contributed by atoms with van der Waals surface area (Å²) < 4.78 is 0. The summed E-state index contributed by atoms with van der Waals surface area (Å²) in [5.74, 6) is 1.07. The lowest BCUT2D eigenvalue weighted by atomic mass is 10.1. The van der Waals surface area contributed by atoms with Gasteiger partial charge in [0.25, 0.3) is 0 Å². The molecule has 80 valence electrons. The van der Waals surface area contributed by atoms with Crippen molar-refractivity contribution in [3.05, 3.63) is 24.3 Å². The molecule has 1 saturated heterocycles. The number of aromatic nitrogens is 2. The van der Waals surface area contributed by atoms with E-state index in [9.17, 15) is 0 Å². The first-order valence-electron chi connectivity index (χ1n) is 4.86. The van der Waals surface area contributed by atoms with E-state index in [4.69, 9.17) is 0 Å². The van der Waals surface area contributed by atoms with E-state index in [0.717, 1.165) is 16.6 Å². The van der Waals surface area contributed by atoms with Crippen LogP contribution in [0.2, 0.25) is 0 Å². The van der Waals surface area contributed by atoms with E-state index in [0.29, 0.717) is 6.54 Å². The molecule has 1 fully saturated rings. The van der Waals surface area contributed by atoms with E-state index in [1.807, 2.05) is 6.07 Å². The van der Waals surface area contributed by atoms with Crippen molar-refractivity contribution < 1.29 is 0 Å². The fraction of sp³-hybridized carbons (Fsp3) is 0.500. The Balaban J connectivity index is 1.96. The quantitative estimate of drug-likeness (QED) is 0.823. The number of amidine groups is 1. The van der Waals surface area contributed by atoms with Crippen LogP contribution in [0.4, 0.5) is 0 Å². The number of thioether (sulfide) groups is 1. The first kappa shape index (κ1) is 10.4. The zero-order valence-electron chi connectivity index (χ0n) is 8.90. The third kappa shape index (κ3) is 2.92. The zero-order chi connectivity index (χ0) is 10.7.